The van der Waals surface area contributed by atoms with E-state index in [4.69, 9.17) is 25.8 Å². The lowest BCUT2D eigenvalue weighted by Crippen LogP contribution is -2.32. The molecule has 7 nitrogen and oxygen atoms in total. The Morgan fingerprint density at radius 3 is 2.57 bits per heavy atom. The van der Waals surface area contributed by atoms with Crippen molar-refractivity contribution in [1.29, 1.82) is 5.26 Å². The smallest absolute Gasteiger partial charge is 0.293 e. The zero-order chi connectivity index (χ0) is 26.4. The Kier molecular flexibility index (Phi) is 8.39. The van der Waals surface area contributed by atoms with Gasteiger partial charge < -0.3 is 14.2 Å². The third-order valence-corrected chi connectivity index (χ3v) is 6.73. The number of aryl methyl sites for hydroxylation is 1. The second-order valence-electron chi connectivity index (χ2n) is 8.09. The molecule has 4 rings (SSSR count). The van der Waals surface area contributed by atoms with E-state index in [1.54, 1.807) is 36.4 Å². The molecular weight excluding hydrogens is 512 g/mol. The van der Waals surface area contributed by atoms with Gasteiger partial charge in [-0.25, -0.2) is 0 Å². The predicted molar refractivity (Wildman–Crippen MR) is 143 cm³/mol. The summed E-state index contributed by atoms with van der Waals surface area (Å²) in [5.41, 5.74) is 2.92. The first-order valence-electron chi connectivity index (χ1n) is 11.3. The van der Waals surface area contributed by atoms with Gasteiger partial charge >= 0.3 is 0 Å². The van der Waals surface area contributed by atoms with Gasteiger partial charge in [0.25, 0.3) is 11.1 Å². The molecule has 3 aromatic rings. The predicted octanol–water partition coefficient (Wildman–Crippen LogP) is 6.22. The summed E-state index contributed by atoms with van der Waals surface area (Å²) >= 11 is 7.34. The minimum atomic E-state index is -0.397. The van der Waals surface area contributed by atoms with Crippen molar-refractivity contribution in [3.8, 4) is 23.3 Å². The van der Waals surface area contributed by atoms with Crippen LogP contribution in [0.1, 0.15) is 22.3 Å². The summed E-state index contributed by atoms with van der Waals surface area (Å²) in [6, 6.07) is 20.1. The molecule has 37 heavy (non-hydrogen) atoms. The Bertz CT molecular complexity index is 1400. The molecule has 0 aromatic heterocycles. The second kappa shape index (κ2) is 11.9. The maximum atomic E-state index is 12.9. The molecule has 0 aliphatic carbocycles. The van der Waals surface area contributed by atoms with Crippen molar-refractivity contribution in [2.24, 2.45) is 0 Å². The first kappa shape index (κ1) is 26.1. The van der Waals surface area contributed by atoms with Crippen LogP contribution in [0, 0.1) is 18.3 Å². The largest absolute Gasteiger partial charge is 0.493 e. The molecule has 0 radical (unpaired) electrons. The summed E-state index contributed by atoms with van der Waals surface area (Å²) in [5, 5.41) is 9.19. The zero-order valence-electron chi connectivity index (χ0n) is 20.2. The molecule has 2 amide bonds. The SMILES string of the molecule is COc1cc(/C=C2\SC(=O)N(CCOc3ccc(C)cc3)C2=O)cc(Cl)c1OCc1ccccc1C#N. The molecule has 0 spiro atoms. The molecular formula is C28H23ClN2O5S. The van der Waals surface area contributed by atoms with Gasteiger partial charge in [0, 0.05) is 5.56 Å². The van der Waals surface area contributed by atoms with E-state index in [0.29, 0.717) is 33.9 Å². The number of imide groups is 1. The number of benzene rings is 3. The van der Waals surface area contributed by atoms with Gasteiger partial charge in [0.05, 0.1) is 35.2 Å². The van der Waals surface area contributed by atoms with Crippen molar-refractivity contribution < 1.29 is 23.8 Å². The molecule has 1 fully saturated rings. The number of nitrogens with zero attached hydrogens (tertiary/aromatic N) is 2. The zero-order valence-corrected chi connectivity index (χ0v) is 21.8. The van der Waals surface area contributed by atoms with Crippen LogP contribution in [0.5, 0.6) is 17.2 Å². The number of carbonyl (C=O) groups is 2. The lowest BCUT2D eigenvalue weighted by atomic mass is 10.1. The fourth-order valence-corrected chi connectivity index (χ4v) is 4.74. The monoisotopic (exact) mass is 534 g/mol. The van der Waals surface area contributed by atoms with Crippen molar-refractivity contribution in [1.82, 2.24) is 4.90 Å². The van der Waals surface area contributed by atoms with E-state index in [0.717, 1.165) is 22.2 Å². The number of hydrogen-bond acceptors (Lipinski definition) is 7. The Balaban J connectivity index is 1.45. The first-order chi connectivity index (χ1) is 17.9. The van der Waals surface area contributed by atoms with Gasteiger partial charge in [-0.05, 0) is 60.7 Å². The number of ether oxygens (including phenoxy) is 3. The molecule has 1 heterocycles. The summed E-state index contributed by atoms with van der Waals surface area (Å²) < 4.78 is 17.0. The lowest BCUT2D eigenvalue weighted by molar-refractivity contribution is -0.123. The minimum Gasteiger partial charge on any atom is -0.493 e. The van der Waals surface area contributed by atoms with Gasteiger partial charge in [0.2, 0.25) is 0 Å². The third kappa shape index (κ3) is 6.26. The highest BCUT2D eigenvalue weighted by Gasteiger charge is 2.35. The van der Waals surface area contributed by atoms with Crippen LogP contribution < -0.4 is 14.2 Å². The topological polar surface area (TPSA) is 88.9 Å². The third-order valence-electron chi connectivity index (χ3n) is 5.54. The van der Waals surface area contributed by atoms with Crippen molar-refractivity contribution in [3.63, 3.8) is 0 Å². The Morgan fingerprint density at radius 1 is 1.08 bits per heavy atom. The maximum absolute atomic E-state index is 12.9. The van der Waals surface area contributed by atoms with Crippen molar-refractivity contribution in [2.75, 3.05) is 20.3 Å². The van der Waals surface area contributed by atoms with E-state index in [9.17, 15) is 14.9 Å². The molecule has 3 aromatic carbocycles. The molecule has 9 heteroatoms. The van der Waals surface area contributed by atoms with Crippen molar-refractivity contribution in [3.05, 3.63) is 92.8 Å². The Morgan fingerprint density at radius 2 is 1.84 bits per heavy atom. The number of methoxy groups -OCH3 is 1. The van der Waals surface area contributed by atoms with Crippen molar-refractivity contribution in [2.45, 2.75) is 13.5 Å². The first-order valence-corrected chi connectivity index (χ1v) is 12.5. The molecule has 0 atom stereocenters. The summed E-state index contributed by atoms with van der Waals surface area (Å²) in [6.45, 7) is 2.44. The minimum absolute atomic E-state index is 0.128. The molecule has 0 N–H and O–H groups in total. The Hall–Kier alpha value is -3.93. The maximum Gasteiger partial charge on any atom is 0.293 e. The summed E-state index contributed by atoms with van der Waals surface area (Å²) in [6.07, 6.45) is 1.59. The molecule has 1 aliphatic rings. The quantitative estimate of drug-likeness (QED) is 0.301. The van der Waals surface area contributed by atoms with Gasteiger partial charge in [-0.15, -0.1) is 0 Å². The van der Waals surface area contributed by atoms with Crippen LogP contribution in [0.2, 0.25) is 5.02 Å². The number of amides is 2. The van der Waals surface area contributed by atoms with Gasteiger partial charge in [0.15, 0.2) is 11.5 Å². The van der Waals surface area contributed by atoms with Gasteiger partial charge in [0.1, 0.15) is 19.0 Å². The van der Waals surface area contributed by atoms with Crippen LogP contribution in [0.15, 0.2) is 65.6 Å². The average molecular weight is 535 g/mol. The fourth-order valence-electron chi connectivity index (χ4n) is 3.60. The van der Waals surface area contributed by atoms with Crippen LogP contribution in [-0.2, 0) is 11.4 Å². The van der Waals surface area contributed by atoms with Crippen LogP contribution in [-0.4, -0.2) is 36.3 Å². The molecule has 1 saturated heterocycles. The van der Waals surface area contributed by atoms with Crippen LogP contribution in [0.25, 0.3) is 6.08 Å². The van der Waals surface area contributed by atoms with E-state index in [1.165, 1.54) is 7.11 Å². The second-order valence-corrected chi connectivity index (χ2v) is 9.49. The number of carbonyl (C=O) groups excluding carboxylic acids is 2. The van der Waals surface area contributed by atoms with Crippen LogP contribution in [0.3, 0.4) is 0 Å². The van der Waals surface area contributed by atoms with Gasteiger partial charge in [-0.2, -0.15) is 5.26 Å². The van der Waals surface area contributed by atoms with E-state index >= 15 is 0 Å². The standard InChI is InChI=1S/C28H23ClN2O5S/c1-18-7-9-22(10-8-18)35-12-11-31-27(32)25(37-28(31)33)15-19-13-23(29)26(24(14-19)34-2)36-17-21-6-4-3-5-20(21)16-30/h3-10,13-15H,11-12,17H2,1-2H3/b25-15-. The van der Waals surface area contributed by atoms with E-state index < -0.39 is 5.91 Å². The molecule has 188 valence electrons. The molecule has 1 aliphatic heterocycles. The highest BCUT2D eigenvalue weighted by atomic mass is 35.5. The van der Waals surface area contributed by atoms with Gasteiger partial charge in [-0.3, -0.25) is 14.5 Å². The van der Waals surface area contributed by atoms with Crippen LogP contribution >= 0.6 is 23.4 Å². The summed E-state index contributed by atoms with van der Waals surface area (Å²) in [4.78, 5) is 26.8. The Labute approximate surface area is 224 Å². The number of hydrogen-bond donors (Lipinski definition) is 0. The number of halogens is 1. The van der Waals surface area contributed by atoms with E-state index in [2.05, 4.69) is 6.07 Å². The fraction of sp³-hybridized carbons (Fsp3) is 0.179. The van der Waals surface area contributed by atoms with Crippen LogP contribution in [0.4, 0.5) is 4.79 Å². The number of nitriles is 1. The van der Waals surface area contributed by atoms with E-state index in [-0.39, 0.29) is 34.9 Å². The number of rotatable bonds is 9. The lowest BCUT2D eigenvalue weighted by Gasteiger charge is -2.14. The van der Waals surface area contributed by atoms with Gasteiger partial charge in [-0.1, -0.05) is 47.5 Å². The highest BCUT2D eigenvalue weighted by molar-refractivity contribution is 8.18. The number of thioether (sulfide) groups is 1. The summed E-state index contributed by atoms with van der Waals surface area (Å²) in [5.74, 6) is 0.952. The molecule has 0 saturated carbocycles. The van der Waals surface area contributed by atoms with Crippen molar-refractivity contribution >= 4 is 40.6 Å². The average Bonchev–Trinajstić information content (AvgIpc) is 3.16. The van der Waals surface area contributed by atoms with E-state index in [1.807, 2.05) is 37.3 Å². The molecule has 0 unspecified atom stereocenters. The normalized spacial score (nSPS) is 14.1. The molecule has 0 bridgehead atoms. The highest BCUT2D eigenvalue weighted by Crippen LogP contribution is 2.39. The summed E-state index contributed by atoms with van der Waals surface area (Å²) in [7, 11) is 1.48.